The lowest BCUT2D eigenvalue weighted by Crippen LogP contribution is -2.38. The summed E-state index contributed by atoms with van der Waals surface area (Å²) in [6.45, 7) is 2.99. The van der Waals surface area contributed by atoms with Crippen LogP contribution in [0, 0.1) is 16.7 Å². The zero-order chi connectivity index (χ0) is 16.6. The van der Waals surface area contributed by atoms with Crippen molar-refractivity contribution in [2.24, 2.45) is 5.41 Å². The molecule has 1 atom stereocenters. The molecule has 1 saturated heterocycles. The molecule has 2 fully saturated rings. The van der Waals surface area contributed by atoms with E-state index >= 15 is 0 Å². The number of aromatic nitrogens is 3. The third-order valence-electron chi connectivity index (χ3n) is 5.38. The summed E-state index contributed by atoms with van der Waals surface area (Å²) in [6.07, 6.45) is 8.84. The van der Waals surface area contributed by atoms with E-state index in [0.717, 1.165) is 25.5 Å². The van der Waals surface area contributed by atoms with Gasteiger partial charge in [-0.15, -0.1) is 11.3 Å². The van der Waals surface area contributed by atoms with Crippen LogP contribution in [0.4, 0.5) is 5.82 Å². The molecule has 2 aromatic heterocycles. The number of hydrogen-bond acceptors (Lipinski definition) is 7. The van der Waals surface area contributed by atoms with E-state index in [1.54, 1.807) is 23.7 Å². The molecule has 3 heterocycles. The van der Waals surface area contributed by atoms with Gasteiger partial charge in [-0.25, -0.2) is 15.0 Å². The molecule has 0 bridgehead atoms. The molecule has 1 spiro atoms. The number of thiazole rings is 1. The number of anilines is 1. The van der Waals surface area contributed by atoms with Gasteiger partial charge in [0.05, 0.1) is 18.9 Å². The Hall–Kier alpha value is -2.04. The van der Waals surface area contributed by atoms with Crippen molar-refractivity contribution in [3.05, 3.63) is 34.7 Å². The molecule has 4 rings (SSSR count). The molecule has 1 unspecified atom stereocenters. The standard InChI is InChI=1S/C17H20N6S/c1-22(12-16-19-4-7-24-16)14-8-17(14)2-5-23(6-3-17)15-11-20-13(9-18)10-21-15/h4,7,10-11,14H,2-3,5-6,8,12H2,1H3. The fourth-order valence-electron chi connectivity index (χ4n) is 3.86. The van der Waals surface area contributed by atoms with Gasteiger partial charge in [0.15, 0.2) is 5.69 Å². The highest BCUT2D eigenvalue weighted by atomic mass is 32.1. The lowest BCUT2D eigenvalue weighted by molar-refractivity contribution is 0.238. The van der Waals surface area contributed by atoms with Crippen molar-refractivity contribution >= 4 is 17.2 Å². The zero-order valence-corrected chi connectivity index (χ0v) is 14.5. The smallest absolute Gasteiger partial charge is 0.158 e. The molecule has 2 aliphatic rings. The van der Waals surface area contributed by atoms with Crippen LogP contribution in [0.25, 0.3) is 0 Å². The highest BCUT2D eigenvalue weighted by Gasteiger charge is 2.56. The maximum absolute atomic E-state index is 8.81. The Balaban J connectivity index is 1.34. The summed E-state index contributed by atoms with van der Waals surface area (Å²) in [6, 6.07) is 2.69. The summed E-state index contributed by atoms with van der Waals surface area (Å²) >= 11 is 1.73. The van der Waals surface area contributed by atoms with E-state index in [-0.39, 0.29) is 0 Å². The maximum atomic E-state index is 8.81. The molecule has 124 valence electrons. The van der Waals surface area contributed by atoms with Gasteiger partial charge in [0.2, 0.25) is 0 Å². The Morgan fingerprint density at radius 3 is 2.79 bits per heavy atom. The monoisotopic (exact) mass is 340 g/mol. The molecule has 0 amide bonds. The molecule has 2 aromatic rings. The van der Waals surface area contributed by atoms with E-state index in [1.807, 2.05) is 17.6 Å². The van der Waals surface area contributed by atoms with Gasteiger partial charge < -0.3 is 4.90 Å². The van der Waals surface area contributed by atoms with Crippen LogP contribution in [0.15, 0.2) is 24.0 Å². The first-order chi connectivity index (χ1) is 11.7. The van der Waals surface area contributed by atoms with Gasteiger partial charge in [-0.1, -0.05) is 0 Å². The Labute approximate surface area is 145 Å². The van der Waals surface area contributed by atoms with Crippen molar-refractivity contribution in [3.8, 4) is 6.07 Å². The molecular weight excluding hydrogens is 320 g/mol. The Kier molecular flexibility index (Phi) is 3.94. The molecule has 1 saturated carbocycles. The molecule has 6 nitrogen and oxygen atoms in total. The maximum Gasteiger partial charge on any atom is 0.158 e. The second-order valence-corrected chi connectivity index (χ2v) is 7.76. The molecular formula is C17H20N6S. The van der Waals surface area contributed by atoms with E-state index in [4.69, 9.17) is 5.26 Å². The van der Waals surface area contributed by atoms with Gasteiger partial charge in [-0.2, -0.15) is 5.26 Å². The van der Waals surface area contributed by atoms with E-state index in [9.17, 15) is 0 Å². The van der Waals surface area contributed by atoms with Crippen molar-refractivity contribution in [2.75, 3.05) is 25.0 Å². The van der Waals surface area contributed by atoms with E-state index in [2.05, 4.69) is 31.8 Å². The predicted octanol–water partition coefficient (Wildman–Crippen LogP) is 2.30. The molecule has 24 heavy (non-hydrogen) atoms. The highest BCUT2D eigenvalue weighted by molar-refractivity contribution is 7.09. The minimum atomic E-state index is 0.373. The van der Waals surface area contributed by atoms with Gasteiger partial charge in [-0.3, -0.25) is 4.90 Å². The van der Waals surface area contributed by atoms with Crippen LogP contribution in [0.1, 0.15) is 30.0 Å². The van der Waals surface area contributed by atoms with E-state index < -0.39 is 0 Å². The van der Waals surface area contributed by atoms with Gasteiger partial charge in [0.25, 0.3) is 0 Å². The predicted molar refractivity (Wildman–Crippen MR) is 92.6 cm³/mol. The van der Waals surface area contributed by atoms with Crippen molar-refractivity contribution < 1.29 is 0 Å². The number of rotatable bonds is 4. The highest BCUT2D eigenvalue weighted by Crippen LogP contribution is 2.56. The minimum Gasteiger partial charge on any atom is -0.355 e. The van der Waals surface area contributed by atoms with Crippen molar-refractivity contribution in [1.82, 2.24) is 19.9 Å². The fraction of sp³-hybridized carbons (Fsp3) is 0.529. The van der Waals surface area contributed by atoms with E-state index in [1.165, 1.54) is 24.3 Å². The Morgan fingerprint density at radius 2 is 2.17 bits per heavy atom. The second-order valence-electron chi connectivity index (χ2n) is 6.78. The SMILES string of the molecule is CN(Cc1nccs1)C1CC12CCN(c1cnc(C#N)cn1)CC2. The normalized spacial score (nSPS) is 21.9. The Bertz CT molecular complexity index is 727. The van der Waals surface area contributed by atoms with Crippen molar-refractivity contribution in [2.45, 2.75) is 31.8 Å². The molecule has 7 heteroatoms. The van der Waals surface area contributed by atoms with Crippen LogP contribution in [-0.2, 0) is 6.54 Å². The number of piperidine rings is 1. The lowest BCUT2D eigenvalue weighted by atomic mass is 9.92. The third-order valence-corrected chi connectivity index (χ3v) is 6.15. The summed E-state index contributed by atoms with van der Waals surface area (Å²) in [7, 11) is 2.22. The second kappa shape index (κ2) is 6.11. The first-order valence-electron chi connectivity index (χ1n) is 8.26. The van der Waals surface area contributed by atoms with Gasteiger partial charge in [-0.05, 0) is 31.7 Å². The van der Waals surface area contributed by atoms with Crippen LogP contribution in [-0.4, -0.2) is 46.0 Å². The molecule has 1 aliphatic carbocycles. The van der Waals surface area contributed by atoms with E-state index in [0.29, 0.717) is 17.2 Å². The largest absolute Gasteiger partial charge is 0.355 e. The summed E-state index contributed by atoms with van der Waals surface area (Å²) in [5.41, 5.74) is 0.848. The summed E-state index contributed by atoms with van der Waals surface area (Å²) in [4.78, 5) is 17.7. The van der Waals surface area contributed by atoms with Gasteiger partial charge in [0, 0.05) is 30.7 Å². The first-order valence-corrected chi connectivity index (χ1v) is 9.14. The van der Waals surface area contributed by atoms with Crippen molar-refractivity contribution in [1.29, 1.82) is 5.26 Å². The minimum absolute atomic E-state index is 0.373. The van der Waals surface area contributed by atoms with Crippen molar-refractivity contribution in [3.63, 3.8) is 0 Å². The van der Waals surface area contributed by atoms with Crippen LogP contribution in [0.3, 0.4) is 0 Å². The molecule has 0 aromatic carbocycles. The van der Waals surface area contributed by atoms with Crippen LogP contribution >= 0.6 is 11.3 Å². The Morgan fingerprint density at radius 1 is 1.33 bits per heavy atom. The summed E-state index contributed by atoms with van der Waals surface area (Å²) in [5, 5.41) is 12.1. The molecule has 1 aliphatic heterocycles. The van der Waals surface area contributed by atoms with Gasteiger partial charge >= 0.3 is 0 Å². The molecule has 0 radical (unpaired) electrons. The van der Waals surface area contributed by atoms with Crippen LogP contribution in [0.2, 0.25) is 0 Å². The molecule has 0 N–H and O–H groups in total. The lowest BCUT2D eigenvalue weighted by Gasteiger charge is -2.34. The summed E-state index contributed by atoms with van der Waals surface area (Å²) in [5.74, 6) is 0.886. The zero-order valence-electron chi connectivity index (χ0n) is 13.7. The number of hydrogen-bond donors (Lipinski definition) is 0. The van der Waals surface area contributed by atoms with Crippen LogP contribution < -0.4 is 4.90 Å². The quantitative estimate of drug-likeness (QED) is 0.851. The summed E-state index contributed by atoms with van der Waals surface area (Å²) < 4.78 is 0. The number of nitrogens with zero attached hydrogens (tertiary/aromatic N) is 6. The average molecular weight is 340 g/mol. The fourth-order valence-corrected chi connectivity index (χ4v) is 4.54. The van der Waals surface area contributed by atoms with Crippen LogP contribution in [0.5, 0.6) is 0 Å². The first kappa shape index (κ1) is 15.5. The topological polar surface area (TPSA) is 68.9 Å². The van der Waals surface area contributed by atoms with Gasteiger partial charge in [0.1, 0.15) is 16.9 Å². The average Bonchev–Trinajstić information content (AvgIpc) is 3.07. The number of nitriles is 1. The third kappa shape index (κ3) is 2.87.